The first kappa shape index (κ1) is 20.2. The van der Waals surface area contributed by atoms with Gasteiger partial charge in [-0.05, 0) is 56.8 Å². The molecular weight excluding hydrogens is 362 g/mol. The van der Waals surface area contributed by atoms with Crippen LogP contribution in [-0.4, -0.2) is 50.9 Å². The van der Waals surface area contributed by atoms with Gasteiger partial charge in [-0.25, -0.2) is 8.42 Å². The minimum absolute atomic E-state index is 0. The lowest BCUT2D eigenvalue weighted by molar-refractivity contribution is -0.124. The van der Waals surface area contributed by atoms with Crippen molar-refractivity contribution in [3.8, 4) is 0 Å². The minimum Gasteiger partial charge on any atom is -0.354 e. The van der Waals surface area contributed by atoms with E-state index in [0.717, 1.165) is 32.4 Å². The Kier molecular flexibility index (Phi) is 7.25. The number of benzene rings is 1. The zero-order valence-corrected chi connectivity index (χ0v) is 15.8. The SMILES string of the molecule is Cl.O=C(NCC1CCCNC1)C1CCCN1S(=O)(=O)c1ccccc1. The zero-order valence-electron chi connectivity index (χ0n) is 14.2. The highest BCUT2D eigenvalue weighted by Crippen LogP contribution is 2.26. The summed E-state index contributed by atoms with van der Waals surface area (Å²) in [6, 6.07) is 7.76. The van der Waals surface area contributed by atoms with E-state index in [1.165, 1.54) is 4.31 Å². The predicted octanol–water partition coefficient (Wildman–Crippen LogP) is 1.38. The van der Waals surface area contributed by atoms with E-state index in [9.17, 15) is 13.2 Å². The maximum atomic E-state index is 12.8. The number of halogens is 1. The van der Waals surface area contributed by atoms with Gasteiger partial charge in [0.2, 0.25) is 15.9 Å². The van der Waals surface area contributed by atoms with Crippen LogP contribution in [0.2, 0.25) is 0 Å². The van der Waals surface area contributed by atoms with Gasteiger partial charge in [0, 0.05) is 13.1 Å². The van der Waals surface area contributed by atoms with Crippen molar-refractivity contribution in [2.45, 2.75) is 36.6 Å². The van der Waals surface area contributed by atoms with Crippen LogP contribution in [0.1, 0.15) is 25.7 Å². The summed E-state index contributed by atoms with van der Waals surface area (Å²) in [7, 11) is -3.62. The third kappa shape index (κ3) is 4.73. The maximum absolute atomic E-state index is 12.8. The number of rotatable bonds is 5. The molecule has 2 unspecified atom stereocenters. The third-order valence-electron chi connectivity index (χ3n) is 4.82. The lowest BCUT2D eigenvalue weighted by Gasteiger charge is -2.26. The predicted molar refractivity (Wildman–Crippen MR) is 99.2 cm³/mol. The molecule has 3 rings (SSSR count). The molecule has 2 fully saturated rings. The van der Waals surface area contributed by atoms with Gasteiger partial charge in [-0.15, -0.1) is 12.4 Å². The summed E-state index contributed by atoms with van der Waals surface area (Å²) in [6.45, 7) is 2.97. The fourth-order valence-electron chi connectivity index (χ4n) is 3.48. The second kappa shape index (κ2) is 8.98. The van der Waals surface area contributed by atoms with Crippen molar-refractivity contribution >= 4 is 28.3 Å². The number of amides is 1. The molecule has 8 heteroatoms. The first-order valence-corrected chi connectivity index (χ1v) is 10.1. The van der Waals surface area contributed by atoms with Gasteiger partial charge < -0.3 is 10.6 Å². The molecular formula is C17H26ClN3O3S. The molecule has 2 aliphatic heterocycles. The Morgan fingerprint density at radius 3 is 2.64 bits per heavy atom. The van der Waals surface area contributed by atoms with E-state index < -0.39 is 16.1 Å². The molecule has 1 aromatic rings. The molecule has 0 aromatic heterocycles. The van der Waals surface area contributed by atoms with Gasteiger partial charge in [-0.3, -0.25) is 4.79 Å². The Bertz CT molecular complexity index is 663. The molecule has 2 N–H and O–H groups in total. The summed E-state index contributed by atoms with van der Waals surface area (Å²) in [5.41, 5.74) is 0. The van der Waals surface area contributed by atoms with E-state index in [-0.39, 0.29) is 23.2 Å². The van der Waals surface area contributed by atoms with Crippen molar-refractivity contribution in [1.82, 2.24) is 14.9 Å². The minimum atomic E-state index is -3.62. The zero-order chi connectivity index (χ0) is 17.0. The van der Waals surface area contributed by atoms with Gasteiger partial charge in [-0.2, -0.15) is 4.31 Å². The number of sulfonamides is 1. The van der Waals surface area contributed by atoms with Gasteiger partial charge >= 0.3 is 0 Å². The van der Waals surface area contributed by atoms with Crippen LogP contribution in [-0.2, 0) is 14.8 Å². The highest BCUT2D eigenvalue weighted by molar-refractivity contribution is 7.89. The molecule has 2 saturated heterocycles. The van der Waals surface area contributed by atoms with Gasteiger partial charge in [0.05, 0.1) is 4.90 Å². The smallest absolute Gasteiger partial charge is 0.243 e. The molecule has 2 aliphatic rings. The van der Waals surface area contributed by atoms with Gasteiger partial charge in [0.15, 0.2) is 0 Å². The van der Waals surface area contributed by atoms with Crippen molar-refractivity contribution in [2.24, 2.45) is 5.92 Å². The van der Waals surface area contributed by atoms with Crippen molar-refractivity contribution < 1.29 is 13.2 Å². The number of nitrogens with one attached hydrogen (secondary N) is 2. The molecule has 0 radical (unpaired) electrons. The highest BCUT2D eigenvalue weighted by Gasteiger charge is 2.39. The van der Waals surface area contributed by atoms with Crippen LogP contribution in [0.3, 0.4) is 0 Å². The Labute approximate surface area is 155 Å². The topological polar surface area (TPSA) is 78.5 Å². The molecule has 6 nitrogen and oxygen atoms in total. The van der Waals surface area contributed by atoms with Crippen LogP contribution in [0, 0.1) is 5.92 Å². The maximum Gasteiger partial charge on any atom is 0.243 e. The molecule has 0 spiro atoms. The Hall–Kier alpha value is -1.15. The summed E-state index contributed by atoms with van der Waals surface area (Å²) in [4.78, 5) is 12.8. The average Bonchev–Trinajstić information content (AvgIpc) is 3.12. The molecule has 2 heterocycles. The number of piperidine rings is 1. The summed E-state index contributed by atoms with van der Waals surface area (Å²) in [6.07, 6.45) is 3.53. The number of nitrogens with zero attached hydrogens (tertiary/aromatic N) is 1. The molecule has 0 bridgehead atoms. The van der Waals surface area contributed by atoms with E-state index >= 15 is 0 Å². The van der Waals surface area contributed by atoms with Crippen molar-refractivity contribution in [2.75, 3.05) is 26.2 Å². The summed E-state index contributed by atoms with van der Waals surface area (Å²) < 4.78 is 26.9. The molecule has 0 aliphatic carbocycles. The van der Waals surface area contributed by atoms with E-state index in [4.69, 9.17) is 0 Å². The fourth-order valence-corrected chi connectivity index (χ4v) is 5.16. The first-order valence-electron chi connectivity index (χ1n) is 8.64. The number of carbonyl (C=O) groups is 1. The lowest BCUT2D eigenvalue weighted by Crippen LogP contribution is -2.48. The molecule has 1 amide bonds. The monoisotopic (exact) mass is 387 g/mol. The number of hydrogen-bond donors (Lipinski definition) is 2. The molecule has 25 heavy (non-hydrogen) atoms. The van der Waals surface area contributed by atoms with Gasteiger partial charge in [0.25, 0.3) is 0 Å². The van der Waals surface area contributed by atoms with Crippen LogP contribution in [0.25, 0.3) is 0 Å². The average molecular weight is 388 g/mol. The van der Waals surface area contributed by atoms with Crippen LogP contribution in [0.4, 0.5) is 0 Å². The largest absolute Gasteiger partial charge is 0.354 e. The van der Waals surface area contributed by atoms with Gasteiger partial charge in [-0.1, -0.05) is 18.2 Å². The fraction of sp³-hybridized carbons (Fsp3) is 0.588. The Balaban J connectivity index is 0.00000225. The van der Waals surface area contributed by atoms with Crippen molar-refractivity contribution in [1.29, 1.82) is 0 Å². The van der Waals surface area contributed by atoms with E-state index in [0.29, 0.717) is 25.4 Å². The normalized spacial score (nSPS) is 24.5. The number of hydrogen-bond acceptors (Lipinski definition) is 4. The van der Waals surface area contributed by atoms with E-state index in [1.807, 2.05) is 0 Å². The lowest BCUT2D eigenvalue weighted by atomic mass is 9.99. The highest BCUT2D eigenvalue weighted by atomic mass is 35.5. The molecule has 2 atom stereocenters. The molecule has 140 valence electrons. The third-order valence-corrected chi connectivity index (χ3v) is 6.74. The summed E-state index contributed by atoms with van der Waals surface area (Å²) in [5, 5.41) is 6.29. The van der Waals surface area contributed by atoms with Crippen LogP contribution in [0.5, 0.6) is 0 Å². The standard InChI is InChI=1S/C17H25N3O3S.ClH/c21-17(19-13-14-6-4-10-18-12-14)16-9-5-11-20(16)24(22,23)15-7-2-1-3-8-15;/h1-3,7-8,14,16,18H,4-6,9-13H2,(H,19,21);1H. The second-order valence-corrected chi connectivity index (χ2v) is 8.43. The molecule has 0 saturated carbocycles. The Morgan fingerprint density at radius 1 is 1.20 bits per heavy atom. The van der Waals surface area contributed by atoms with E-state index in [1.54, 1.807) is 30.3 Å². The molecule has 1 aromatic carbocycles. The quantitative estimate of drug-likeness (QED) is 0.800. The van der Waals surface area contributed by atoms with Crippen molar-refractivity contribution in [3.63, 3.8) is 0 Å². The number of carbonyl (C=O) groups excluding carboxylic acids is 1. The van der Waals surface area contributed by atoms with Crippen LogP contribution in [0.15, 0.2) is 35.2 Å². The van der Waals surface area contributed by atoms with Crippen molar-refractivity contribution in [3.05, 3.63) is 30.3 Å². The summed E-state index contributed by atoms with van der Waals surface area (Å²) >= 11 is 0. The first-order chi connectivity index (χ1) is 11.6. The van der Waals surface area contributed by atoms with E-state index in [2.05, 4.69) is 10.6 Å². The Morgan fingerprint density at radius 2 is 1.96 bits per heavy atom. The van der Waals surface area contributed by atoms with Gasteiger partial charge in [0.1, 0.15) is 6.04 Å². The van der Waals surface area contributed by atoms with Crippen LogP contribution >= 0.6 is 12.4 Å². The summed E-state index contributed by atoms with van der Waals surface area (Å²) in [5.74, 6) is 0.265. The van der Waals surface area contributed by atoms with Crippen LogP contribution < -0.4 is 10.6 Å². The second-order valence-electron chi connectivity index (χ2n) is 6.54.